The summed E-state index contributed by atoms with van der Waals surface area (Å²) in [7, 11) is 0. The van der Waals surface area contributed by atoms with Crippen molar-refractivity contribution in [3.05, 3.63) is 21.7 Å². The molecule has 0 aliphatic heterocycles. The molecule has 0 saturated carbocycles. The number of primary amides is 1. The molecule has 0 saturated heterocycles. The number of nitrogens with zero attached hydrogens (tertiary/aromatic N) is 2. The van der Waals surface area contributed by atoms with Crippen molar-refractivity contribution in [2.45, 2.75) is 20.8 Å². The molecule has 2 heterocycles. The number of carbonyl (C=O) groups excluding carboxylic acids is 1. The van der Waals surface area contributed by atoms with Gasteiger partial charge in [0.25, 0.3) is 5.91 Å². The molecule has 0 atom stereocenters. The van der Waals surface area contributed by atoms with E-state index in [0.717, 1.165) is 27.0 Å². The molecule has 2 aromatic rings. The van der Waals surface area contributed by atoms with E-state index >= 15 is 0 Å². The van der Waals surface area contributed by atoms with Crippen LogP contribution in [0.1, 0.15) is 26.5 Å². The third kappa shape index (κ3) is 1.39. The minimum atomic E-state index is -0.396. The van der Waals surface area contributed by atoms with Gasteiger partial charge in [0.1, 0.15) is 4.83 Å². The Morgan fingerprint density at radius 1 is 1.20 bits per heavy atom. The van der Waals surface area contributed by atoms with Crippen molar-refractivity contribution in [2.24, 2.45) is 5.73 Å². The summed E-state index contributed by atoms with van der Waals surface area (Å²) in [6.45, 7) is 5.78. The van der Waals surface area contributed by atoms with E-state index in [1.165, 1.54) is 11.3 Å². The van der Waals surface area contributed by atoms with Crippen molar-refractivity contribution in [3.8, 4) is 0 Å². The van der Waals surface area contributed by atoms with E-state index in [0.29, 0.717) is 4.88 Å². The SMILES string of the molecule is Cc1nnc2sc(C(N)=O)c(C)c2c1C. The standard InChI is InChI=1S/C10H11N3OS/c1-4-6(3)12-13-10-7(4)5(2)8(15-10)9(11)14/h1-3H3,(H2,11,14). The minimum absolute atomic E-state index is 0.396. The number of fused-ring (bicyclic) bond motifs is 1. The predicted octanol–water partition coefficient (Wildman–Crippen LogP) is 1.72. The minimum Gasteiger partial charge on any atom is -0.365 e. The third-order valence-corrected chi connectivity index (χ3v) is 3.75. The van der Waals surface area contributed by atoms with Crippen LogP contribution in [0.4, 0.5) is 0 Å². The van der Waals surface area contributed by atoms with Gasteiger partial charge in [0.15, 0.2) is 0 Å². The number of amides is 1. The van der Waals surface area contributed by atoms with E-state index < -0.39 is 5.91 Å². The summed E-state index contributed by atoms with van der Waals surface area (Å²) in [5.41, 5.74) is 8.16. The second-order valence-electron chi connectivity index (χ2n) is 3.51. The van der Waals surface area contributed by atoms with Gasteiger partial charge in [-0.3, -0.25) is 4.79 Å². The lowest BCUT2D eigenvalue weighted by Gasteiger charge is -1.99. The molecule has 0 unspecified atom stereocenters. The predicted molar refractivity (Wildman–Crippen MR) is 60.1 cm³/mol. The Bertz CT molecular complexity index is 559. The Morgan fingerprint density at radius 2 is 1.87 bits per heavy atom. The second-order valence-corrected chi connectivity index (χ2v) is 4.51. The van der Waals surface area contributed by atoms with Crippen molar-refractivity contribution in [3.63, 3.8) is 0 Å². The summed E-state index contributed by atoms with van der Waals surface area (Å²) in [6.07, 6.45) is 0. The highest BCUT2D eigenvalue weighted by atomic mass is 32.1. The van der Waals surface area contributed by atoms with Gasteiger partial charge in [-0.2, -0.15) is 5.10 Å². The van der Waals surface area contributed by atoms with Crippen LogP contribution in [0.25, 0.3) is 10.2 Å². The number of aromatic nitrogens is 2. The summed E-state index contributed by atoms with van der Waals surface area (Å²) >= 11 is 1.31. The Kier molecular flexibility index (Phi) is 2.19. The third-order valence-electron chi connectivity index (χ3n) is 2.56. The fraction of sp³-hybridized carbons (Fsp3) is 0.300. The molecule has 0 aliphatic carbocycles. The van der Waals surface area contributed by atoms with Gasteiger partial charge in [-0.25, -0.2) is 0 Å². The van der Waals surface area contributed by atoms with E-state index in [1.54, 1.807) is 0 Å². The summed E-state index contributed by atoms with van der Waals surface area (Å²) in [6, 6.07) is 0. The van der Waals surface area contributed by atoms with Crippen LogP contribution < -0.4 is 5.73 Å². The summed E-state index contributed by atoms with van der Waals surface area (Å²) in [5.74, 6) is -0.396. The van der Waals surface area contributed by atoms with Crippen LogP contribution in [0, 0.1) is 20.8 Å². The first kappa shape index (κ1) is 10.0. The molecule has 2 rings (SSSR count). The average Bonchev–Trinajstić information content (AvgIpc) is 2.50. The molecule has 0 spiro atoms. The van der Waals surface area contributed by atoms with Gasteiger partial charge < -0.3 is 5.73 Å². The van der Waals surface area contributed by atoms with Gasteiger partial charge in [0.2, 0.25) is 0 Å². The van der Waals surface area contributed by atoms with Crippen LogP contribution in [0.5, 0.6) is 0 Å². The first-order chi connectivity index (χ1) is 7.02. The zero-order chi connectivity index (χ0) is 11.2. The van der Waals surface area contributed by atoms with Gasteiger partial charge in [-0.15, -0.1) is 16.4 Å². The highest BCUT2D eigenvalue weighted by Gasteiger charge is 2.16. The summed E-state index contributed by atoms with van der Waals surface area (Å²) < 4.78 is 0. The highest BCUT2D eigenvalue weighted by molar-refractivity contribution is 7.20. The molecular weight excluding hydrogens is 210 g/mol. The quantitative estimate of drug-likeness (QED) is 0.797. The molecule has 4 nitrogen and oxygen atoms in total. The molecule has 0 aromatic carbocycles. The lowest BCUT2D eigenvalue weighted by Crippen LogP contribution is -2.09. The molecule has 5 heteroatoms. The largest absolute Gasteiger partial charge is 0.365 e. The van der Waals surface area contributed by atoms with E-state index in [2.05, 4.69) is 10.2 Å². The second kappa shape index (κ2) is 3.27. The van der Waals surface area contributed by atoms with Crippen molar-refractivity contribution in [1.82, 2.24) is 10.2 Å². The molecule has 0 fully saturated rings. The molecule has 15 heavy (non-hydrogen) atoms. The van der Waals surface area contributed by atoms with E-state index in [1.807, 2.05) is 20.8 Å². The smallest absolute Gasteiger partial charge is 0.259 e. The van der Waals surface area contributed by atoms with Crippen LogP contribution in [-0.4, -0.2) is 16.1 Å². The Morgan fingerprint density at radius 3 is 2.47 bits per heavy atom. The number of nitrogens with two attached hydrogens (primary N) is 1. The molecule has 2 aromatic heterocycles. The van der Waals surface area contributed by atoms with Crippen molar-refractivity contribution < 1.29 is 4.79 Å². The van der Waals surface area contributed by atoms with Crippen molar-refractivity contribution in [2.75, 3.05) is 0 Å². The van der Waals surface area contributed by atoms with Gasteiger partial charge in [0, 0.05) is 5.39 Å². The maximum Gasteiger partial charge on any atom is 0.259 e. The lowest BCUT2D eigenvalue weighted by atomic mass is 10.1. The average molecular weight is 221 g/mol. The zero-order valence-corrected chi connectivity index (χ0v) is 9.60. The molecule has 2 N–H and O–H groups in total. The number of carbonyl (C=O) groups is 1. The van der Waals surface area contributed by atoms with E-state index in [9.17, 15) is 4.79 Å². The van der Waals surface area contributed by atoms with Gasteiger partial charge >= 0.3 is 0 Å². The topological polar surface area (TPSA) is 68.9 Å². The van der Waals surface area contributed by atoms with Gasteiger partial charge in [0.05, 0.1) is 10.6 Å². The first-order valence-electron chi connectivity index (χ1n) is 4.55. The van der Waals surface area contributed by atoms with Crippen LogP contribution in [0.3, 0.4) is 0 Å². The van der Waals surface area contributed by atoms with Crippen molar-refractivity contribution >= 4 is 27.5 Å². The Hall–Kier alpha value is -1.49. The first-order valence-corrected chi connectivity index (χ1v) is 5.36. The fourth-order valence-corrected chi connectivity index (χ4v) is 2.66. The lowest BCUT2D eigenvalue weighted by molar-refractivity contribution is 0.100. The number of hydrogen-bond acceptors (Lipinski definition) is 4. The van der Waals surface area contributed by atoms with Gasteiger partial charge in [-0.1, -0.05) is 0 Å². The van der Waals surface area contributed by atoms with E-state index in [-0.39, 0.29) is 0 Å². The number of rotatable bonds is 1. The zero-order valence-electron chi connectivity index (χ0n) is 8.79. The number of aryl methyl sites for hydroxylation is 3. The van der Waals surface area contributed by atoms with E-state index in [4.69, 9.17) is 5.73 Å². The normalized spacial score (nSPS) is 10.9. The molecular formula is C10H11N3OS. The highest BCUT2D eigenvalue weighted by Crippen LogP contribution is 2.31. The Balaban J connectivity index is 2.89. The molecule has 0 bridgehead atoms. The monoisotopic (exact) mass is 221 g/mol. The maximum atomic E-state index is 11.2. The number of hydrogen-bond donors (Lipinski definition) is 1. The van der Waals surface area contributed by atoms with Crippen molar-refractivity contribution in [1.29, 1.82) is 0 Å². The fourth-order valence-electron chi connectivity index (χ4n) is 1.62. The molecule has 78 valence electrons. The van der Waals surface area contributed by atoms with Crippen LogP contribution in [0.15, 0.2) is 0 Å². The molecule has 0 radical (unpaired) electrons. The van der Waals surface area contributed by atoms with Crippen LogP contribution in [-0.2, 0) is 0 Å². The maximum absolute atomic E-state index is 11.2. The Labute approximate surface area is 91.1 Å². The van der Waals surface area contributed by atoms with Crippen LogP contribution >= 0.6 is 11.3 Å². The molecule has 0 aliphatic rings. The summed E-state index contributed by atoms with van der Waals surface area (Å²) in [4.78, 5) is 12.5. The van der Waals surface area contributed by atoms with Gasteiger partial charge in [-0.05, 0) is 31.9 Å². The molecule has 1 amide bonds. The number of thiophene rings is 1. The van der Waals surface area contributed by atoms with Crippen LogP contribution in [0.2, 0.25) is 0 Å². The summed E-state index contributed by atoms with van der Waals surface area (Å²) in [5, 5.41) is 9.11.